The van der Waals surface area contributed by atoms with Crippen molar-refractivity contribution in [2.75, 3.05) is 13.2 Å². The van der Waals surface area contributed by atoms with Crippen molar-refractivity contribution in [3.8, 4) is 0 Å². The van der Waals surface area contributed by atoms with Crippen LogP contribution in [0.2, 0.25) is 0 Å². The summed E-state index contributed by atoms with van der Waals surface area (Å²) < 4.78 is 6.49. The third-order valence-corrected chi connectivity index (χ3v) is 5.14. The lowest BCUT2D eigenvalue weighted by Gasteiger charge is -2.35. The summed E-state index contributed by atoms with van der Waals surface area (Å²) in [6.07, 6.45) is 6.33. The van der Waals surface area contributed by atoms with Gasteiger partial charge in [0, 0.05) is 22.4 Å². The Morgan fingerprint density at radius 1 is 1.52 bits per heavy atom. The van der Waals surface area contributed by atoms with Crippen LogP contribution in [0.3, 0.4) is 0 Å². The first kappa shape index (κ1) is 13.3. The molecule has 0 radical (unpaired) electrons. The summed E-state index contributed by atoms with van der Waals surface area (Å²) in [5.41, 5.74) is 1.52. The predicted octanol–water partition coefficient (Wildman–Crippen LogP) is 0.598. The molecule has 7 nitrogen and oxygen atoms in total. The molecule has 1 amide bonds. The first-order valence-corrected chi connectivity index (χ1v) is 7.67. The quantitative estimate of drug-likeness (QED) is 0.426. The number of rotatable bonds is 1. The standard InChI is InChI=1S/C13H15BrN5O2/c14-13-17-12(9-5-16-3-4-19(9,13)15)10-6-18-8(7-21-10)1-2-11(18)20/h3-5,8,10H,1-2,6-7,15H2/q+1/t8-,10-,19?/m1/s1. The minimum Gasteiger partial charge on any atom is -0.368 e. The fourth-order valence-corrected chi connectivity index (χ4v) is 3.67. The Morgan fingerprint density at radius 2 is 2.38 bits per heavy atom. The Hall–Kier alpha value is -1.35. The highest BCUT2D eigenvalue weighted by Crippen LogP contribution is 2.35. The number of carbonyl (C=O) groups is 1. The third-order valence-electron chi connectivity index (χ3n) is 4.37. The number of allylic oxidation sites excluding steroid dienone is 1. The van der Waals surface area contributed by atoms with Crippen molar-refractivity contribution in [1.82, 2.24) is 4.90 Å². The van der Waals surface area contributed by atoms with Crippen molar-refractivity contribution in [3.63, 3.8) is 0 Å². The summed E-state index contributed by atoms with van der Waals surface area (Å²) in [6.45, 7) is 1.08. The molecule has 4 rings (SSSR count). The zero-order valence-electron chi connectivity index (χ0n) is 11.3. The first-order chi connectivity index (χ1) is 10.1. The van der Waals surface area contributed by atoms with Crippen LogP contribution in [0.25, 0.3) is 0 Å². The number of hydrogen-bond acceptors (Lipinski definition) is 5. The lowest BCUT2D eigenvalue weighted by Crippen LogP contribution is -2.51. The molecule has 2 fully saturated rings. The SMILES string of the molecule is N[N+]12C=CN=CC1=C([C@H]1CN3C(=O)CC[C@@H]3CO1)N=C2Br. The van der Waals surface area contributed by atoms with Gasteiger partial charge in [0.05, 0.1) is 31.6 Å². The molecule has 0 aliphatic carbocycles. The van der Waals surface area contributed by atoms with Gasteiger partial charge in [-0.3, -0.25) is 9.79 Å². The van der Waals surface area contributed by atoms with Crippen LogP contribution in [0.5, 0.6) is 0 Å². The summed E-state index contributed by atoms with van der Waals surface area (Å²) in [5.74, 6) is 6.53. The molecule has 2 saturated heterocycles. The van der Waals surface area contributed by atoms with Crippen LogP contribution >= 0.6 is 15.9 Å². The van der Waals surface area contributed by atoms with Gasteiger partial charge in [0.2, 0.25) is 11.6 Å². The van der Waals surface area contributed by atoms with E-state index in [1.807, 2.05) is 4.90 Å². The predicted molar refractivity (Wildman–Crippen MR) is 79.9 cm³/mol. The Kier molecular flexibility index (Phi) is 2.90. The third kappa shape index (κ3) is 1.87. The topological polar surface area (TPSA) is 80.3 Å². The lowest BCUT2D eigenvalue weighted by molar-refractivity contribution is -0.746. The number of morpholine rings is 1. The fraction of sp³-hybridized carbons (Fsp3) is 0.462. The molecule has 4 aliphatic heterocycles. The summed E-state index contributed by atoms with van der Waals surface area (Å²) in [4.78, 5) is 22.5. The summed E-state index contributed by atoms with van der Waals surface area (Å²) in [6, 6.07) is 0.213. The van der Waals surface area contributed by atoms with Crippen LogP contribution < -0.4 is 5.84 Å². The Balaban J connectivity index is 1.68. The van der Waals surface area contributed by atoms with Crippen LogP contribution in [-0.2, 0) is 9.53 Å². The molecule has 4 aliphatic rings. The van der Waals surface area contributed by atoms with Crippen molar-refractivity contribution in [3.05, 3.63) is 23.8 Å². The fourth-order valence-electron chi connectivity index (χ4n) is 3.17. The second-order valence-corrected chi connectivity index (χ2v) is 6.27. The number of aliphatic imine (C=N–C) groups is 2. The maximum absolute atomic E-state index is 11.9. The minimum absolute atomic E-state index is 0.0317. The van der Waals surface area contributed by atoms with Crippen molar-refractivity contribution in [2.45, 2.75) is 25.0 Å². The van der Waals surface area contributed by atoms with Gasteiger partial charge in [0.1, 0.15) is 18.0 Å². The van der Waals surface area contributed by atoms with E-state index >= 15 is 0 Å². The number of carbonyl (C=O) groups excluding carboxylic acids is 1. The number of amides is 1. The van der Waals surface area contributed by atoms with Gasteiger partial charge in [-0.15, -0.1) is 4.59 Å². The number of hydrogen-bond donors (Lipinski definition) is 1. The van der Waals surface area contributed by atoms with Crippen LogP contribution in [-0.4, -0.2) is 51.7 Å². The van der Waals surface area contributed by atoms with Gasteiger partial charge in [-0.05, 0) is 6.42 Å². The van der Waals surface area contributed by atoms with Crippen molar-refractivity contribution in [2.24, 2.45) is 15.8 Å². The molecular formula is C13H15BrN5O2+. The number of fused-ring (bicyclic) bond motifs is 2. The normalized spacial score (nSPS) is 37.9. The van der Waals surface area contributed by atoms with Crippen LogP contribution in [0.15, 0.2) is 33.8 Å². The largest absolute Gasteiger partial charge is 0.368 e. The van der Waals surface area contributed by atoms with Gasteiger partial charge in [0.15, 0.2) is 0 Å². The molecule has 0 spiro atoms. The van der Waals surface area contributed by atoms with E-state index in [0.717, 1.165) is 17.8 Å². The molecule has 0 aromatic carbocycles. The maximum atomic E-state index is 11.9. The van der Waals surface area contributed by atoms with E-state index in [9.17, 15) is 4.79 Å². The van der Waals surface area contributed by atoms with Gasteiger partial charge >= 0.3 is 4.74 Å². The smallest absolute Gasteiger partial charge is 0.301 e. The monoisotopic (exact) mass is 352 g/mol. The molecule has 21 heavy (non-hydrogen) atoms. The van der Waals surface area contributed by atoms with E-state index in [4.69, 9.17) is 10.6 Å². The van der Waals surface area contributed by atoms with Crippen molar-refractivity contribution in [1.29, 1.82) is 0 Å². The van der Waals surface area contributed by atoms with E-state index in [1.54, 1.807) is 18.6 Å². The summed E-state index contributed by atoms with van der Waals surface area (Å²) in [5, 5.41) is 0. The van der Waals surface area contributed by atoms with Crippen LogP contribution in [0, 0.1) is 0 Å². The number of amidine groups is 1. The second kappa shape index (κ2) is 4.57. The Labute approximate surface area is 130 Å². The molecule has 110 valence electrons. The molecule has 0 saturated carbocycles. The minimum atomic E-state index is -0.257. The number of ether oxygens (including phenoxy) is 1. The van der Waals surface area contributed by atoms with Crippen molar-refractivity contribution < 1.29 is 14.1 Å². The van der Waals surface area contributed by atoms with Crippen molar-refractivity contribution >= 4 is 32.8 Å². The average Bonchev–Trinajstić information content (AvgIpc) is 2.98. The highest BCUT2D eigenvalue weighted by Gasteiger charge is 2.47. The first-order valence-electron chi connectivity index (χ1n) is 6.88. The maximum Gasteiger partial charge on any atom is 0.301 e. The Bertz CT molecular complexity index is 640. The van der Waals surface area contributed by atoms with Crippen LogP contribution in [0.1, 0.15) is 12.8 Å². The van der Waals surface area contributed by atoms with E-state index in [0.29, 0.717) is 24.3 Å². The molecule has 0 bridgehead atoms. The molecule has 0 aromatic rings. The van der Waals surface area contributed by atoms with Crippen LogP contribution in [0.4, 0.5) is 0 Å². The van der Waals surface area contributed by atoms with Gasteiger partial charge in [0.25, 0.3) is 0 Å². The molecule has 4 heterocycles. The van der Waals surface area contributed by atoms with Gasteiger partial charge in [-0.1, -0.05) is 0 Å². The molecule has 3 atom stereocenters. The zero-order valence-corrected chi connectivity index (χ0v) is 12.9. The van der Waals surface area contributed by atoms with Gasteiger partial charge in [-0.25, -0.2) is 0 Å². The molecule has 2 N–H and O–H groups in total. The molecule has 8 heteroatoms. The van der Waals surface area contributed by atoms with Gasteiger partial charge in [-0.2, -0.15) is 10.8 Å². The number of quaternary nitrogens is 1. The van der Waals surface area contributed by atoms with E-state index in [1.165, 1.54) is 0 Å². The van der Waals surface area contributed by atoms with E-state index < -0.39 is 0 Å². The van der Waals surface area contributed by atoms with E-state index in [2.05, 4.69) is 25.9 Å². The van der Waals surface area contributed by atoms with E-state index in [-0.39, 0.29) is 22.6 Å². The second-order valence-electron chi connectivity index (χ2n) is 5.57. The van der Waals surface area contributed by atoms with Gasteiger partial charge < -0.3 is 9.64 Å². The highest BCUT2D eigenvalue weighted by atomic mass is 79.9. The number of nitrogens with two attached hydrogens (primary N) is 1. The average molecular weight is 353 g/mol. The summed E-state index contributed by atoms with van der Waals surface area (Å²) >= 11 is 3.42. The molecule has 0 aromatic heterocycles. The summed E-state index contributed by atoms with van der Waals surface area (Å²) in [7, 11) is 0. The lowest BCUT2D eigenvalue weighted by atomic mass is 10.1. The molecular weight excluding hydrogens is 338 g/mol. The zero-order chi connectivity index (χ0) is 14.6. The molecule has 1 unspecified atom stereocenters. The number of halogens is 1. The Morgan fingerprint density at radius 3 is 3.24 bits per heavy atom. The highest BCUT2D eigenvalue weighted by molar-refractivity contribution is 9.18. The number of nitrogens with zero attached hydrogens (tertiary/aromatic N) is 4.